The number of anilines is 2. The fourth-order valence-corrected chi connectivity index (χ4v) is 3.75. The number of amides is 2. The molecule has 0 aliphatic rings. The molecule has 1 atom stereocenters. The number of aliphatic carboxylic acids is 1. The van der Waals surface area contributed by atoms with Gasteiger partial charge in [-0.3, -0.25) is 30.8 Å². The summed E-state index contributed by atoms with van der Waals surface area (Å²) in [5.41, 5.74) is 13.3. The molecule has 1 heterocycles. The number of amidine groups is 1. The molecule has 0 saturated carbocycles. The summed E-state index contributed by atoms with van der Waals surface area (Å²) in [5, 5.41) is 17.9. The minimum absolute atomic E-state index is 0.0619. The highest BCUT2D eigenvalue weighted by atomic mass is 19.4. The Morgan fingerprint density at radius 2 is 1.67 bits per heavy atom. The summed E-state index contributed by atoms with van der Waals surface area (Å²) < 4.78 is 43.4. The van der Waals surface area contributed by atoms with Crippen LogP contribution in [-0.4, -0.2) is 66.7 Å². The summed E-state index contributed by atoms with van der Waals surface area (Å²) >= 11 is 0. The summed E-state index contributed by atoms with van der Waals surface area (Å²) in [4.78, 5) is 41.1. The standard InChI is InChI=1S/C28H35N7O4.C2HF3O2/c1-6-38-24-15-19(9-12-23(24)39-17(2)3)25(32-20-10-7-18(8-11-20)26(29)30)28(37)34-33-27(36)21-16-31-14-13-22(21)35(4)5;3-2(4,5)1(6)7/h7-17,25,32H,6H2,1-5H3,(H3,29,30)(H,33,36)(H,34,37);(H,6,7). The number of carboxylic acids is 1. The molecule has 1 unspecified atom stereocenters. The Bertz CT molecular complexity index is 1520. The number of rotatable bonds is 11. The zero-order valence-corrected chi connectivity index (χ0v) is 25.7. The van der Waals surface area contributed by atoms with Crippen molar-refractivity contribution >= 4 is 35.0 Å². The number of carboxylic acid groups (broad SMARTS) is 1. The van der Waals surface area contributed by atoms with Crippen molar-refractivity contribution in [3.05, 3.63) is 77.6 Å². The second-order valence-electron chi connectivity index (χ2n) is 9.91. The minimum Gasteiger partial charge on any atom is -0.490 e. The van der Waals surface area contributed by atoms with E-state index in [1.807, 2.05) is 34.9 Å². The SMILES string of the molecule is CCOc1cc(C(Nc2ccc(C(=N)N)cc2)C(=O)NNC(=O)c2cnccc2N(C)C)ccc1OC(C)C.O=C(O)C(F)(F)F. The molecule has 0 aliphatic heterocycles. The summed E-state index contributed by atoms with van der Waals surface area (Å²) in [6.45, 7) is 6.10. The van der Waals surface area contributed by atoms with Crippen molar-refractivity contribution in [3.8, 4) is 11.5 Å². The lowest BCUT2D eigenvalue weighted by atomic mass is 10.0. The second kappa shape index (κ2) is 16.5. The summed E-state index contributed by atoms with van der Waals surface area (Å²) in [7, 11) is 3.62. The van der Waals surface area contributed by atoms with E-state index in [9.17, 15) is 22.8 Å². The van der Waals surface area contributed by atoms with Crippen LogP contribution in [0, 0.1) is 5.41 Å². The van der Waals surface area contributed by atoms with Crippen molar-refractivity contribution in [1.82, 2.24) is 15.8 Å². The Morgan fingerprint density at radius 3 is 2.20 bits per heavy atom. The third-order valence-corrected chi connectivity index (χ3v) is 5.80. The highest BCUT2D eigenvalue weighted by Gasteiger charge is 2.38. The highest BCUT2D eigenvalue weighted by Crippen LogP contribution is 2.33. The van der Waals surface area contributed by atoms with Gasteiger partial charge in [-0.25, -0.2) is 4.79 Å². The van der Waals surface area contributed by atoms with Crippen LogP contribution >= 0.6 is 0 Å². The largest absolute Gasteiger partial charge is 0.490 e. The molecule has 0 spiro atoms. The maximum absolute atomic E-state index is 13.5. The number of nitrogens with zero attached hydrogens (tertiary/aromatic N) is 2. The number of aromatic nitrogens is 1. The van der Waals surface area contributed by atoms with Gasteiger partial charge in [0.2, 0.25) is 0 Å². The molecule has 2 amide bonds. The number of hydrogen-bond donors (Lipinski definition) is 6. The van der Waals surface area contributed by atoms with Crippen LogP contribution in [0.5, 0.6) is 11.5 Å². The fraction of sp³-hybridized carbons (Fsp3) is 0.300. The molecular weight excluding hydrogens is 611 g/mol. The molecule has 248 valence electrons. The summed E-state index contributed by atoms with van der Waals surface area (Å²) in [6.07, 6.45) is -2.13. The van der Waals surface area contributed by atoms with Crippen molar-refractivity contribution in [2.24, 2.45) is 5.73 Å². The van der Waals surface area contributed by atoms with Crippen LogP contribution in [0.15, 0.2) is 60.9 Å². The molecular formula is C30H36F3N7O6. The van der Waals surface area contributed by atoms with Gasteiger partial charge < -0.3 is 30.5 Å². The smallest absolute Gasteiger partial charge is 0.490 e. The first-order valence-electron chi connectivity index (χ1n) is 13.7. The van der Waals surface area contributed by atoms with Gasteiger partial charge in [0, 0.05) is 37.7 Å². The van der Waals surface area contributed by atoms with Crippen LogP contribution in [-0.2, 0) is 9.59 Å². The number of alkyl halides is 3. The van der Waals surface area contributed by atoms with Crippen LogP contribution in [0.2, 0.25) is 0 Å². The topological polar surface area (TPSA) is 192 Å². The number of nitrogens with two attached hydrogens (primary N) is 1. The molecule has 16 heteroatoms. The monoisotopic (exact) mass is 647 g/mol. The Balaban J connectivity index is 0.000000942. The molecule has 46 heavy (non-hydrogen) atoms. The number of pyridine rings is 1. The molecule has 3 rings (SSSR count). The molecule has 2 aromatic carbocycles. The number of carbonyl (C=O) groups is 3. The predicted octanol–water partition coefficient (Wildman–Crippen LogP) is 3.87. The maximum atomic E-state index is 13.5. The average molecular weight is 648 g/mol. The Kier molecular flexibility index (Phi) is 13.2. The number of hydrogen-bond acceptors (Lipinski definition) is 9. The van der Waals surface area contributed by atoms with E-state index in [-0.39, 0.29) is 11.9 Å². The van der Waals surface area contributed by atoms with Crippen LogP contribution in [0.1, 0.15) is 48.3 Å². The lowest BCUT2D eigenvalue weighted by Gasteiger charge is -2.23. The van der Waals surface area contributed by atoms with E-state index >= 15 is 0 Å². The molecule has 0 saturated heterocycles. The van der Waals surface area contributed by atoms with E-state index in [0.29, 0.717) is 46.2 Å². The lowest BCUT2D eigenvalue weighted by molar-refractivity contribution is -0.192. The van der Waals surface area contributed by atoms with Gasteiger partial charge in [-0.2, -0.15) is 13.2 Å². The molecule has 1 aromatic heterocycles. The molecule has 0 fully saturated rings. The first-order valence-corrected chi connectivity index (χ1v) is 13.7. The predicted molar refractivity (Wildman–Crippen MR) is 165 cm³/mol. The first-order chi connectivity index (χ1) is 21.5. The van der Waals surface area contributed by atoms with Crippen LogP contribution in [0.25, 0.3) is 0 Å². The van der Waals surface area contributed by atoms with Gasteiger partial charge in [0.15, 0.2) is 11.5 Å². The number of carbonyl (C=O) groups excluding carboxylic acids is 2. The van der Waals surface area contributed by atoms with E-state index in [1.54, 1.807) is 59.6 Å². The molecule has 3 aromatic rings. The fourth-order valence-electron chi connectivity index (χ4n) is 3.75. The van der Waals surface area contributed by atoms with E-state index in [0.717, 1.165) is 0 Å². The van der Waals surface area contributed by atoms with Crippen molar-refractivity contribution in [2.75, 3.05) is 30.9 Å². The number of benzene rings is 2. The van der Waals surface area contributed by atoms with Gasteiger partial charge in [-0.1, -0.05) is 6.07 Å². The van der Waals surface area contributed by atoms with Gasteiger partial charge in [0.1, 0.15) is 11.9 Å². The van der Waals surface area contributed by atoms with Crippen molar-refractivity contribution in [3.63, 3.8) is 0 Å². The average Bonchev–Trinajstić information content (AvgIpc) is 2.99. The van der Waals surface area contributed by atoms with E-state index in [1.165, 1.54) is 6.20 Å². The maximum Gasteiger partial charge on any atom is 0.490 e. The number of halogens is 3. The van der Waals surface area contributed by atoms with Crippen LogP contribution in [0.3, 0.4) is 0 Å². The summed E-state index contributed by atoms with van der Waals surface area (Å²) in [6, 6.07) is 12.8. The Labute approximate surface area is 263 Å². The normalized spacial score (nSPS) is 11.3. The zero-order valence-electron chi connectivity index (χ0n) is 25.7. The quantitative estimate of drug-likeness (QED) is 0.101. The van der Waals surface area contributed by atoms with Gasteiger partial charge >= 0.3 is 12.1 Å². The first kappa shape index (κ1) is 36.7. The third kappa shape index (κ3) is 10.9. The van der Waals surface area contributed by atoms with Crippen molar-refractivity contribution in [2.45, 2.75) is 39.1 Å². The number of ether oxygens (including phenoxy) is 2. The number of hydrazine groups is 1. The Morgan fingerprint density at radius 1 is 1.04 bits per heavy atom. The molecule has 13 nitrogen and oxygen atoms in total. The van der Waals surface area contributed by atoms with Crippen molar-refractivity contribution in [1.29, 1.82) is 5.41 Å². The van der Waals surface area contributed by atoms with Crippen LogP contribution in [0.4, 0.5) is 24.5 Å². The molecule has 0 bridgehead atoms. The molecule has 7 N–H and O–H groups in total. The Hall–Kier alpha value is -5.54. The van der Waals surface area contributed by atoms with E-state index < -0.39 is 30.0 Å². The van der Waals surface area contributed by atoms with Gasteiger partial charge in [0.05, 0.1) is 24.0 Å². The third-order valence-electron chi connectivity index (χ3n) is 5.80. The highest BCUT2D eigenvalue weighted by molar-refractivity contribution is 6.00. The summed E-state index contributed by atoms with van der Waals surface area (Å²) in [5.74, 6) is -2.80. The minimum atomic E-state index is -5.08. The van der Waals surface area contributed by atoms with Crippen molar-refractivity contribution < 1.29 is 42.1 Å². The van der Waals surface area contributed by atoms with Gasteiger partial charge in [-0.15, -0.1) is 0 Å². The second-order valence-corrected chi connectivity index (χ2v) is 9.91. The van der Waals surface area contributed by atoms with E-state index in [2.05, 4.69) is 21.2 Å². The van der Waals surface area contributed by atoms with E-state index in [4.69, 9.17) is 30.5 Å². The molecule has 0 aliphatic carbocycles. The zero-order chi connectivity index (χ0) is 34.6. The molecule has 0 radical (unpaired) electrons. The van der Waals surface area contributed by atoms with Crippen LogP contribution < -0.4 is 36.3 Å². The number of nitrogen functional groups attached to an aromatic ring is 1. The van der Waals surface area contributed by atoms with Gasteiger partial charge in [0.25, 0.3) is 11.8 Å². The lowest BCUT2D eigenvalue weighted by Crippen LogP contribution is -2.45. The van der Waals surface area contributed by atoms with Gasteiger partial charge in [-0.05, 0) is 68.8 Å². The number of nitrogens with one attached hydrogen (secondary N) is 4.